The van der Waals surface area contributed by atoms with Crippen LogP contribution in [-0.2, 0) is 19.4 Å². The van der Waals surface area contributed by atoms with Crippen LogP contribution in [0.3, 0.4) is 0 Å². The lowest BCUT2D eigenvalue weighted by Gasteiger charge is -2.09. The number of carbonyl (C=O) groups excluding carboxylic acids is 1. The fraction of sp³-hybridized carbons (Fsp3) is 0.438. The second-order valence-electron chi connectivity index (χ2n) is 5.01. The maximum absolute atomic E-state index is 12.6. The van der Waals surface area contributed by atoms with E-state index in [4.69, 9.17) is 0 Å². The fourth-order valence-corrected chi connectivity index (χ4v) is 2.33. The Morgan fingerprint density at radius 1 is 1.33 bits per heavy atom. The average Bonchev–Trinajstić information content (AvgIpc) is 2.93. The van der Waals surface area contributed by atoms with Gasteiger partial charge in [-0.05, 0) is 32.0 Å². The summed E-state index contributed by atoms with van der Waals surface area (Å²) in [6.07, 6.45) is 3.64. The zero-order chi connectivity index (χ0) is 15.1. The molecule has 0 aliphatic rings. The quantitative estimate of drug-likeness (QED) is 0.753. The van der Waals surface area contributed by atoms with Crippen molar-refractivity contribution in [1.82, 2.24) is 20.1 Å². The number of aromatic nitrogens is 3. The molecule has 1 aromatic carbocycles. The third-order valence-electron chi connectivity index (χ3n) is 3.41. The lowest BCUT2D eigenvalue weighted by molar-refractivity contribution is 0.0988. The molecule has 2 rings (SSSR count). The Balaban J connectivity index is 2.14. The third kappa shape index (κ3) is 3.98. The van der Waals surface area contributed by atoms with Gasteiger partial charge in [0.05, 0.1) is 6.42 Å². The summed E-state index contributed by atoms with van der Waals surface area (Å²) in [5.74, 6) is 0.845. The number of hydrogen-bond acceptors (Lipinski definition) is 4. The van der Waals surface area contributed by atoms with Crippen molar-refractivity contribution in [3.05, 3.63) is 47.5 Å². The molecule has 1 heterocycles. The van der Waals surface area contributed by atoms with E-state index in [9.17, 15) is 4.79 Å². The van der Waals surface area contributed by atoms with E-state index in [0.29, 0.717) is 6.42 Å². The van der Waals surface area contributed by atoms with Gasteiger partial charge in [0.15, 0.2) is 5.78 Å². The number of benzene rings is 1. The summed E-state index contributed by atoms with van der Waals surface area (Å²) in [6, 6.07) is 7.80. The van der Waals surface area contributed by atoms with Crippen LogP contribution in [0.15, 0.2) is 30.6 Å². The fourth-order valence-electron chi connectivity index (χ4n) is 2.33. The maximum atomic E-state index is 12.6. The molecular weight excluding hydrogens is 264 g/mol. The highest BCUT2D eigenvalue weighted by molar-refractivity contribution is 5.98. The first-order chi connectivity index (χ1) is 10.3. The highest BCUT2D eigenvalue weighted by Crippen LogP contribution is 2.13. The summed E-state index contributed by atoms with van der Waals surface area (Å²) < 4.78 is 1.81. The molecule has 5 nitrogen and oxygen atoms in total. The first kappa shape index (κ1) is 15.4. The van der Waals surface area contributed by atoms with Gasteiger partial charge in [-0.1, -0.05) is 31.2 Å². The summed E-state index contributed by atoms with van der Waals surface area (Å²) in [6.45, 7) is 3.74. The Kier molecular flexibility index (Phi) is 5.63. The van der Waals surface area contributed by atoms with Crippen molar-refractivity contribution in [1.29, 1.82) is 0 Å². The van der Waals surface area contributed by atoms with Crippen LogP contribution in [0, 0.1) is 0 Å². The maximum Gasteiger partial charge on any atom is 0.170 e. The van der Waals surface area contributed by atoms with Crippen LogP contribution >= 0.6 is 0 Å². The van der Waals surface area contributed by atoms with Crippen molar-refractivity contribution in [2.24, 2.45) is 0 Å². The van der Waals surface area contributed by atoms with Crippen molar-refractivity contribution in [2.45, 2.75) is 32.7 Å². The lowest BCUT2D eigenvalue weighted by Crippen LogP contribution is -2.15. The Morgan fingerprint density at radius 2 is 2.14 bits per heavy atom. The molecule has 1 N–H and O–H groups in total. The molecule has 0 aliphatic carbocycles. The molecule has 5 heteroatoms. The van der Waals surface area contributed by atoms with Crippen molar-refractivity contribution in [3.8, 4) is 0 Å². The number of Topliss-reactive ketones (excluding diaryl/α,β-unsaturated/α-hetero) is 1. The van der Waals surface area contributed by atoms with Crippen molar-refractivity contribution >= 4 is 5.78 Å². The number of rotatable bonds is 8. The number of ketones is 1. The molecule has 0 fully saturated rings. The number of hydrogen-bond donors (Lipinski definition) is 1. The van der Waals surface area contributed by atoms with E-state index in [1.807, 2.05) is 36.0 Å². The van der Waals surface area contributed by atoms with Crippen LogP contribution in [0.4, 0.5) is 0 Å². The number of nitrogens with one attached hydrogen (secondary N) is 1. The average molecular weight is 286 g/mol. The predicted molar refractivity (Wildman–Crippen MR) is 82.4 cm³/mol. The molecule has 112 valence electrons. The van der Waals surface area contributed by atoms with Gasteiger partial charge >= 0.3 is 0 Å². The van der Waals surface area contributed by atoms with Gasteiger partial charge in [-0.15, -0.1) is 0 Å². The second kappa shape index (κ2) is 7.69. The van der Waals surface area contributed by atoms with Gasteiger partial charge in [-0.2, -0.15) is 5.10 Å². The monoisotopic (exact) mass is 286 g/mol. The summed E-state index contributed by atoms with van der Waals surface area (Å²) in [5.41, 5.74) is 1.87. The van der Waals surface area contributed by atoms with Crippen molar-refractivity contribution in [3.63, 3.8) is 0 Å². The molecule has 0 amide bonds. The van der Waals surface area contributed by atoms with Gasteiger partial charge in [0.1, 0.15) is 12.2 Å². The first-order valence-corrected chi connectivity index (χ1v) is 7.38. The Labute approximate surface area is 125 Å². The first-order valence-electron chi connectivity index (χ1n) is 7.38. The number of aryl methyl sites for hydroxylation is 1. The Bertz CT molecular complexity index is 591. The lowest BCUT2D eigenvalue weighted by atomic mass is 9.99. The van der Waals surface area contributed by atoms with Gasteiger partial charge in [0.25, 0.3) is 0 Å². The highest BCUT2D eigenvalue weighted by atomic mass is 16.1. The molecule has 2 aromatic rings. The van der Waals surface area contributed by atoms with Crippen molar-refractivity contribution < 1.29 is 4.79 Å². The molecule has 1 aromatic heterocycles. The van der Waals surface area contributed by atoms with Gasteiger partial charge in [0.2, 0.25) is 0 Å². The highest BCUT2D eigenvalue weighted by Gasteiger charge is 2.14. The molecule has 0 saturated carbocycles. The zero-order valence-electron chi connectivity index (χ0n) is 12.7. The third-order valence-corrected chi connectivity index (χ3v) is 3.41. The van der Waals surface area contributed by atoms with Crippen molar-refractivity contribution in [2.75, 3.05) is 13.6 Å². The second-order valence-corrected chi connectivity index (χ2v) is 5.01. The summed E-state index contributed by atoms with van der Waals surface area (Å²) in [4.78, 5) is 16.8. The van der Waals surface area contributed by atoms with Crippen LogP contribution in [0.5, 0.6) is 0 Å². The van der Waals surface area contributed by atoms with E-state index in [1.54, 1.807) is 0 Å². The molecule has 0 aliphatic heterocycles. The molecule has 0 radical (unpaired) electrons. The van der Waals surface area contributed by atoms with Crippen LogP contribution < -0.4 is 5.32 Å². The molecule has 0 atom stereocenters. The van der Waals surface area contributed by atoms with Crippen LogP contribution in [0.1, 0.15) is 35.1 Å². The van der Waals surface area contributed by atoms with E-state index in [-0.39, 0.29) is 5.78 Å². The minimum Gasteiger partial charge on any atom is -0.319 e. The normalized spacial score (nSPS) is 10.8. The topological polar surface area (TPSA) is 59.8 Å². The number of likely N-dealkylation sites (N-methyl/N-ethyl adjacent to an activating group) is 1. The van der Waals surface area contributed by atoms with Crippen LogP contribution in [-0.4, -0.2) is 34.1 Å². The smallest absolute Gasteiger partial charge is 0.170 e. The van der Waals surface area contributed by atoms with E-state index in [1.165, 1.54) is 6.33 Å². The number of carbonyl (C=O) groups is 1. The van der Waals surface area contributed by atoms with Gasteiger partial charge in [-0.3, -0.25) is 4.79 Å². The van der Waals surface area contributed by atoms with E-state index < -0.39 is 0 Å². The molecule has 0 spiro atoms. The molecule has 21 heavy (non-hydrogen) atoms. The van der Waals surface area contributed by atoms with Crippen LogP contribution in [0.2, 0.25) is 0 Å². The SMILES string of the molecule is CCCn1ncnc1CC(=O)c1ccccc1CCNC. The zero-order valence-corrected chi connectivity index (χ0v) is 12.7. The largest absolute Gasteiger partial charge is 0.319 e. The van der Waals surface area contributed by atoms with Crippen LogP contribution in [0.25, 0.3) is 0 Å². The summed E-state index contributed by atoms with van der Waals surface area (Å²) >= 11 is 0. The van der Waals surface area contributed by atoms with Gasteiger partial charge in [-0.25, -0.2) is 9.67 Å². The number of nitrogens with zero attached hydrogens (tertiary/aromatic N) is 3. The van der Waals surface area contributed by atoms with E-state index in [2.05, 4.69) is 22.3 Å². The van der Waals surface area contributed by atoms with Gasteiger partial charge < -0.3 is 5.32 Å². The minimum absolute atomic E-state index is 0.104. The predicted octanol–water partition coefficient (Wildman–Crippen LogP) is 1.88. The Morgan fingerprint density at radius 3 is 2.90 bits per heavy atom. The molecule has 0 saturated heterocycles. The summed E-state index contributed by atoms with van der Waals surface area (Å²) in [5, 5.41) is 7.28. The summed E-state index contributed by atoms with van der Waals surface area (Å²) in [7, 11) is 1.91. The van der Waals surface area contributed by atoms with E-state index in [0.717, 1.165) is 42.9 Å². The molecule has 0 unspecified atom stereocenters. The van der Waals surface area contributed by atoms with Gasteiger partial charge in [0, 0.05) is 12.1 Å². The minimum atomic E-state index is 0.104. The molecular formula is C16H22N4O. The van der Waals surface area contributed by atoms with E-state index >= 15 is 0 Å². The standard InChI is InChI=1S/C16H22N4O/c1-3-10-20-16(18-12-19-20)11-15(21)14-7-5-4-6-13(14)8-9-17-2/h4-7,12,17H,3,8-11H2,1-2H3. The Hall–Kier alpha value is -2.01. The molecule has 0 bridgehead atoms.